The third kappa shape index (κ3) is 2.87. The zero-order valence-corrected chi connectivity index (χ0v) is 20.1. The van der Waals surface area contributed by atoms with Crippen LogP contribution in [0.1, 0.15) is 43.5 Å². The molecule has 1 spiro atoms. The van der Waals surface area contributed by atoms with E-state index in [4.69, 9.17) is 8.83 Å². The lowest BCUT2D eigenvalue weighted by Crippen LogP contribution is -2.33. The number of nitrogens with one attached hydrogen (secondary N) is 1. The number of nitrogens with zero attached hydrogens (tertiary/aromatic N) is 1. The van der Waals surface area contributed by atoms with Crippen LogP contribution in [0.25, 0.3) is 21.9 Å². The van der Waals surface area contributed by atoms with Crippen LogP contribution in [0.15, 0.2) is 99.5 Å². The number of benzene rings is 3. The number of likely N-dealkylation sites (tertiary alicyclic amines) is 1. The number of allylic oxidation sites excluding steroid dienone is 2. The molecule has 1 unspecified atom stereocenters. The van der Waals surface area contributed by atoms with Crippen LogP contribution in [-0.4, -0.2) is 29.0 Å². The molecule has 0 bridgehead atoms. The zero-order valence-electron chi connectivity index (χ0n) is 20.1. The fourth-order valence-electron chi connectivity index (χ4n) is 6.23. The first-order valence-electron chi connectivity index (χ1n) is 12.5. The molecule has 38 heavy (non-hydrogen) atoms. The van der Waals surface area contributed by atoms with Gasteiger partial charge in [-0.15, -0.1) is 0 Å². The van der Waals surface area contributed by atoms with Gasteiger partial charge in [0, 0.05) is 45.8 Å². The molecule has 1 saturated heterocycles. The summed E-state index contributed by atoms with van der Waals surface area (Å²) in [6.45, 7) is 0.558. The van der Waals surface area contributed by atoms with Crippen molar-refractivity contribution >= 4 is 45.2 Å². The zero-order chi connectivity index (χ0) is 25.6. The lowest BCUT2D eigenvalue weighted by Gasteiger charge is -2.28. The molecule has 7 nitrogen and oxygen atoms in total. The topological polar surface area (TPSA) is 92.8 Å². The normalized spacial score (nSPS) is 21.2. The Hall–Kier alpha value is -4.91. The van der Waals surface area contributed by atoms with Crippen LogP contribution < -0.4 is 5.32 Å². The largest absolute Gasteiger partial charge is 0.451 e. The summed E-state index contributed by atoms with van der Waals surface area (Å²) in [5.74, 6) is 0.0183. The molecule has 1 aliphatic heterocycles. The molecule has 2 aromatic heterocycles. The van der Waals surface area contributed by atoms with Crippen LogP contribution in [0.5, 0.6) is 0 Å². The van der Waals surface area contributed by atoms with Gasteiger partial charge in [-0.3, -0.25) is 14.4 Å². The van der Waals surface area contributed by atoms with E-state index in [2.05, 4.69) is 5.32 Å². The molecule has 2 atom stereocenters. The molecule has 2 fully saturated rings. The number of furan rings is 2. The van der Waals surface area contributed by atoms with Crippen LogP contribution in [0.3, 0.4) is 0 Å². The Morgan fingerprint density at radius 2 is 1.63 bits per heavy atom. The molecule has 8 rings (SSSR count). The minimum absolute atomic E-state index is 0.0685. The number of para-hydroxylation sites is 1. The molecule has 3 aliphatic rings. The van der Waals surface area contributed by atoms with Gasteiger partial charge in [0.25, 0.3) is 11.8 Å². The highest BCUT2D eigenvalue weighted by Gasteiger charge is 2.67. The Morgan fingerprint density at radius 1 is 0.868 bits per heavy atom. The molecule has 7 heteroatoms. The summed E-state index contributed by atoms with van der Waals surface area (Å²) in [6, 6.07) is 23.7. The van der Waals surface area contributed by atoms with Gasteiger partial charge in [-0.2, -0.15) is 0 Å². The quantitative estimate of drug-likeness (QED) is 0.332. The van der Waals surface area contributed by atoms with Crippen molar-refractivity contribution in [1.82, 2.24) is 4.90 Å². The van der Waals surface area contributed by atoms with Crippen molar-refractivity contribution in [3.05, 3.63) is 113 Å². The Kier molecular flexibility index (Phi) is 4.08. The van der Waals surface area contributed by atoms with E-state index in [1.165, 1.54) is 0 Å². The van der Waals surface area contributed by atoms with E-state index in [0.29, 0.717) is 34.7 Å². The Balaban J connectivity index is 1.07. The predicted octanol–water partition coefficient (Wildman–Crippen LogP) is 5.93. The van der Waals surface area contributed by atoms with Crippen molar-refractivity contribution in [1.29, 1.82) is 0 Å². The summed E-state index contributed by atoms with van der Waals surface area (Å²) in [4.78, 5) is 40.9. The number of hydrogen-bond donors (Lipinski definition) is 1. The monoisotopic (exact) mass is 500 g/mol. The average Bonchev–Trinajstić information content (AvgIpc) is 3.25. The minimum Gasteiger partial charge on any atom is -0.451 e. The SMILES string of the molecule is O=C(Nc1ccc2oc(C(=O)N3C[C@H]4CC45C3=CC(=O)c3ccccc35)cc2c1)c1cc2ccccc2o1. The van der Waals surface area contributed by atoms with E-state index >= 15 is 0 Å². The van der Waals surface area contributed by atoms with Crippen LogP contribution in [0.4, 0.5) is 5.69 Å². The molecule has 184 valence electrons. The second kappa shape index (κ2) is 7.32. The van der Waals surface area contributed by atoms with Gasteiger partial charge in [0.2, 0.25) is 0 Å². The van der Waals surface area contributed by atoms with Crippen molar-refractivity contribution < 1.29 is 23.2 Å². The van der Waals surface area contributed by atoms with E-state index in [0.717, 1.165) is 28.6 Å². The lowest BCUT2D eigenvalue weighted by molar-refractivity contribution is 0.0782. The molecule has 5 aromatic rings. The number of anilines is 1. The van der Waals surface area contributed by atoms with Crippen molar-refractivity contribution in [2.24, 2.45) is 5.92 Å². The first kappa shape index (κ1) is 21.2. The van der Waals surface area contributed by atoms with Gasteiger partial charge in [-0.05, 0) is 54.3 Å². The molecular formula is C31H20N2O5. The van der Waals surface area contributed by atoms with Gasteiger partial charge in [-0.1, -0.05) is 42.5 Å². The Bertz CT molecular complexity index is 1860. The summed E-state index contributed by atoms with van der Waals surface area (Å²) < 4.78 is 11.6. The van der Waals surface area contributed by atoms with Crippen LogP contribution >= 0.6 is 0 Å². The van der Waals surface area contributed by atoms with E-state index in [1.54, 1.807) is 41.3 Å². The number of hydrogen-bond acceptors (Lipinski definition) is 5. The predicted molar refractivity (Wildman–Crippen MR) is 140 cm³/mol. The van der Waals surface area contributed by atoms with Crippen molar-refractivity contribution in [2.75, 3.05) is 11.9 Å². The maximum absolute atomic E-state index is 13.6. The first-order chi connectivity index (χ1) is 18.5. The summed E-state index contributed by atoms with van der Waals surface area (Å²) in [5, 5.41) is 4.39. The fourth-order valence-corrected chi connectivity index (χ4v) is 6.23. The molecule has 2 amide bonds. The smallest absolute Gasteiger partial charge is 0.293 e. The molecule has 2 aliphatic carbocycles. The van der Waals surface area contributed by atoms with Gasteiger partial charge < -0.3 is 19.1 Å². The van der Waals surface area contributed by atoms with Crippen molar-refractivity contribution in [3.8, 4) is 0 Å². The number of piperidine rings is 1. The number of carbonyl (C=O) groups is 3. The average molecular weight is 501 g/mol. The highest BCUT2D eigenvalue weighted by Crippen LogP contribution is 2.66. The summed E-state index contributed by atoms with van der Waals surface area (Å²) in [6.07, 6.45) is 2.57. The number of ketones is 1. The Labute approximate surface area is 216 Å². The molecule has 1 N–H and O–H groups in total. The van der Waals surface area contributed by atoms with Crippen LogP contribution in [0, 0.1) is 5.92 Å². The molecule has 3 aromatic carbocycles. The second-order valence-corrected chi connectivity index (χ2v) is 10.2. The van der Waals surface area contributed by atoms with Gasteiger partial charge in [0.1, 0.15) is 11.2 Å². The number of carbonyl (C=O) groups excluding carboxylic acids is 3. The maximum Gasteiger partial charge on any atom is 0.293 e. The van der Waals surface area contributed by atoms with Gasteiger partial charge in [0.15, 0.2) is 17.3 Å². The third-order valence-electron chi connectivity index (χ3n) is 8.08. The highest BCUT2D eigenvalue weighted by molar-refractivity contribution is 6.10. The lowest BCUT2D eigenvalue weighted by atomic mass is 9.81. The fraction of sp³-hybridized carbons (Fsp3) is 0.129. The van der Waals surface area contributed by atoms with Crippen molar-refractivity contribution in [2.45, 2.75) is 11.8 Å². The maximum atomic E-state index is 13.6. The first-order valence-corrected chi connectivity index (χ1v) is 12.5. The van der Waals surface area contributed by atoms with Crippen molar-refractivity contribution in [3.63, 3.8) is 0 Å². The summed E-state index contributed by atoms with van der Waals surface area (Å²) in [7, 11) is 0. The molecule has 0 radical (unpaired) electrons. The van der Waals surface area contributed by atoms with E-state index in [-0.39, 0.29) is 34.5 Å². The minimum atomic E-state index is -0.365. The summed E-state index contributed by atoms with van der Waals surface area (Å²) in [5.41, 5.74) is 4.02. The molecular weight excluding hydrogens is 480 g/mol. The van der Waals surface area contributed by atoms with E-state index in [9.17, 15) is 14.4 Å². The third-order valence-corrected chi connectivity index (χ3v) is 8.08. The van der Waals surface area contributed by atoms with Gasteiger partial charge >= 0.3 is 0 Å². The second-order valence-electron chi connectivity index (χ2n) is 10.2. The number of amides is 2. The van der Waals surface area contributed by atoms with Crippen LogP contribution in [0.2, 0.25) is 0 Å². The summed E-state index contributed by atoms with van der Waals surface area (Å²) >= 11 is 0. The van der Waals surface area contributed by atoms with E-state index < -0.39 is 0 Å². The van der Waals surface area contributed by atoms with E-state index in [1.807, 2.05) is 48.5 Å². The van der Waals surface area contributed by atoms with Gasteiger partial charge in [0.05, 0.1) is 0 Å². The van der Waals surface area contributed by atoms with Gasteiger partial charge in [-0.25, -0.2) is 0 Å². The standard InChI is InChI=1S/C31H20N2O5/c34-23-14-28-31(22-7-3-2-6-21(22)23)15-19(31)16-33(28)30(36)27-13-18-11-20(9-10-25(18)38-27)32-29(35)26-12-17-5-1-4-8-24(17)37-26/h1-14,19H,15-16H2,(H,32,35)/t19-,31?/m1/s1. The molecule has 3 heterocycles. The number of rotatable bonds is 3. The Morgan fingerprint density at radius 3 is 2.53 bits per heavy atom. The van der Waals surface area contributed by atoms with Crippen LogP contribution in [-0.2, 0) is 5.41 Å². The number of fused-ring (bicyclic) bond motifs is 3. The highest BCUT2D eigenvalue weighted by atomic mass is 16.4. The molecule has 1 saturated carbocycles.